The van der Waals surface area contributed by atoms with Crippen molar-refractivity contribution in [3.63, 3.8) is 0 Å². The number of nitrogens with zero attached hydrogens (tertiary/aromatic N) is 3. The average molecular weight is 417 g/mol. The minimum Gasteiger partial charge on any atom is -0.492 e. The number of halogens is 1. The molecule has 0 spiro atoms. The van der Waals surface area contributed by atoms with Crippen LogP contribution in [0.4, 0.5) is 10.1 Å². The Morgan fingerprint density at radius 3 is 2.67 bits per heavy atom. The molecule has 30 heavy (non-hydrogen) atoms. The fraction of sp³-hybridized carbons (Fsp3) is 0.545. The molecule has 1 atom stereocenters. The van der Waals surface area contributed by atoms with Crippen molar-refractivity contribution in [3.05, 3.63) is 33.9 Å². The van der Waals surface area contributed by atoms with E-state index in [1.54, 1.807) is 4.57 Å². The summed E-state index contributed by atoms with van der Waals surface area (Å²) in [7, 11) is 5.56. The summed E-state index contributed by atoms with van der Waals surface area (Å²) in [6, 6.07) is 1.29. The number of anilines is 1. The number of hydrogen-bond acceptors (Lipinski definition) is 5. The summed E-state index contributed by atoms with van der Waals surface area (Å²) in [6.07, 6.45) is 5.18. The molecule has 2 aliphatic rings. The van der Waals surface area contributed by atoms with Crippen molar-refractivity contribution in [2.45, 2.75) is 31.7 Å². The Hall–Kier alpha value is -2.61. The molecular weight excluding hydrogens is 389 g/mol. The maximum atomic E-state index is 15.3. The summed E-state index contributed by atoms with van der Waals surface area (Å²) in [5.74, 6) is -1.07. The number of aromatic carboxylic acids is 1. The van der Waals surface area contributed by atoms with Gasteiger partial charge in [-0.05, 0) is 58.3 Å². The zero-order valence-corrected chi connectivity index (χ0v) is 17.7. The van der Waals surface area contributed by atoms with Crippen molar-refractivity contribution in [3.8, 4) is 5.75 Å². The number of hydrogen-bond donors (Lipinski definition) is 1. The number of carboxylic acid groups (broad SMARTS) is 1. The van der Waals surface area contributed by atoms with Crippen LogP contribution in [-0.4, -0.2) is 61.4 Å². The van der Waals surface area contributed by atoms with E-state index in [4.69, 9.17) is 4.74 Å². The molecule has 8 heteroatoms. The Kier molecular flexibility index (Phi) is 5.44. The highest BCUT2D eigenvalue weighted by molar-refractivity contribution is 5.97. The van der Waals surface area contributed by atoms with Crippen LogP contribution >= 0.6 is 0 Å². The highest BCUT2D eigenvalue weighted by Crippen LogP contribution is 2.44. The number of rotatable bonds is 7. The summed E-state index contributed by atoms with van der Waals surface area (Å²) in [6.45, 7) is 2.43. The molecule has 1 aromatic carbocycles. The number of methoxy groups -OCH3 is 1. The zero-order valence-electron chi connectivity index (χ0n) is 17.7. The van der Waals surface area contributed by atoms with Crippen LogP contribution in [0.2, 0.25) is 0 Å². The van der Waals surface area contributed by atoms with Crippen LogP contribution in [0, 0.1) is 11.7 Å². The average Bonchev–Trinajstić information content (AvgIpc) is 3.43. The maximum absolute atomic E-state index is 15.3. The van der Waals surface area contributed by atoms with Crippen LogP contribution in [0.5, 0.6) is 5.75 Å². The van der Waals surface area contributed by atoms with Crippen LogP contribution in [0.25, 0.3) is 10.9 Å². The number of aromatic nitrogens is 1. The molecule has 162 valence electrons. The van der Waals surface area contributed by atoms with E-state index in [2.05, 4.69) is 4.90 Å². The SMILES string of the molecule is COc1c(N2CC[C@H](CCN(C)C)C2)c(F)cc2c(=O)c(C(=O)O)cn(C3CC3)c12. The maximum Gasteiger partial charge on any atom is 0.341 e. The van der Waals surface area contributed by atoms with E-state index in [1.165, 1.54) is 19.4 Å². The van der Waals surface area contributed by atoms with Crippen LogP contribution in [0.1, 0.15) is 42.1 Å². The summed E-state index contributed by atoms with van der Waals surface area (Å²) in [5.41, 5.74) is -0.158. The molecule has 1 aliphatic carbocycles. The minimum absolute atomic E-state index is 0.0586. The van der Waals surface area contributed by atoms with Crippen molar-refractivity contribution < 1.29 is 19.0 Å². The van der Waals surface area contributed by atoms with Crippen LogP contribution < -0.4 is 15.1 Å². The van der Waals surface area contributed by atoms with Gasteiger partial charge < -0.3 is 24.2 Å². The van der Waals surface area contributed by atoms with Gasteiger partial charge in [-0.3, -0.25) is 4.79 Å². The normalized spacial score (nSPS) is 19.1. The molecule has 7 nitrogen and oxygen atoms in total. The Bertz CT molecular complexity index is 1050. The van der Waals surface area contributed by atoms with Crippen molar-refractivity contribution in [2.75, 3.05) is 45.7 Å². The molecule has 1 N–H and O–H groups in total. The summed E-state index contributed by atoms with van der Waals surface area (Å²) in [5, 5.41) is 9.50. The van der Waals surface area contributed by atoms with E-state index in [0.717, 1.165) is 45.3 Å². The predicted molar refractivity (Wildman–Crippen MR) is 113 cm³/mol. The lowest BCUT2D eigenvalue weighted by Gasteiger charge is -2.25. The molecule has 4 rings (SSSR count). The molecule has 0 amide bonds. The topological polar surface area (TPSA) is 75.0 Å². The Morgan fingerprint density at radius 1 is 1.33 bits per heavy atom. The molecule has 0 bridgehead atoms. The molecule has 1 aliphatic heterocycles. The van der Waals surface area contributed by atoms with Gasteiger partial charge in [0.25, 0.3) is 0 Å². The van der Waals surface area contributed by atoms with E-state index in [0.29, 0.717) is 22.9 Å². The summed E-state index contributed by atoms with van der Waals surface area (Å²) < 4.78 is 22.8. The molecule has 1 saturated heterocycles. The van der Waals surface area contributed by atoms with E-state index in [1.807, 2.05) is 19.0 Å². The van der Waals surface area contributed by atoms with Crippen molar-refractivity contribution in [2.24, 2.45) is 5.92 Å². The molecule has 2 fully saturated rings. The van der Waals surface area contributed by atoms with Crippen LogP contribution in [0.3, 0.4) is 0 Å². The highest BCUT2D eigenvalue weighted by atomic mass is 19.1. The predicted octanol–water partition coefficient (Wildman–Crippen LogP) is 2.96. The second kappa shape index (κ2) is 7.91. The van der Waals surface area contributed by atoms with Gasteiger partial charge in [-0.2, -0.15) is 0 Å². The first-order chi connectivity index (χ1) is 14.3. The number of fused-ring (bicyclic) bond motifs is 1. The Labute approximate surface area is 174 Å². The van der Waals surface area contributed by atoms with Gasteiger partial charge in [-0.1, -0.05) is 0 Å². The number of ether oxygens (including phenoxy) is 1. The van der Waals surface area contributed by atoms with Crippen LogP contribution in [0.15, 0.2) is 17.1 Å². The van der Waals surface area contributed by atoms with Crippen LogP contribution in [-0.2, 0) is 0 Å². The molecule has 0 unspecified atom stereocenters. The van der Waals surface area contributed by atoms with E-state index < -0.39 is 17.2 Å². The quantitative estimate of drug-likeness (QED) is 0.747. The molecule has 0 radical (unpaired) electrons. The van der Waals surface area contributed by atoms with Gasteiger partial charge in [0.05, 0.1) is 18.0 Å². The summed E-state index contributed by atoms with van der Waals surface area (Å²) in [4.78, 5) is 28.5. The lowest BCUT2D eigenvalue weighted by molar-refractivity contribution is 0.0695. The van der Waals surface area contributed by atoms with Gasteiger partial charge in [0.15, 0.2) is 11.6 Å². The van der Waals surface area contributed by atoms with Crippen molar-refractivity contribution in [1.29, 1.82) is 0 Å². The first-order valence-electron chi connectivity index (χ1n) is 10.4. The third kappa shape index (κ3) is 3.64. The second-order valence-corrected chi connectivity index (χ2v) is 8.64. The van der Waals surface area contributed by atoms with Gasteiger partial charge in [-0.15, -0.1) is 0 Å². The molecule has 2 heterocycles. The molecule has 1 aromatic heterocycles. The third-order valence-corrected chi connectivity index (χ3v) is 6.16. The van der Waals surface area contributed by atoms with E-state index in [-0.39, 0.29) is 17.0 Å². The fourth-order valence-electron chi connectivity index (χ4n) is 4.44. The monoisotopic (exact) mass is 417 g/mol. The van der Waals surface area contributed by atoms with Crippen molar-refractivity contribution >= 4 is 22.6 Å². The minimum atomic E-state index is -1.30. The number of pyridine rings is 1. The first-order valence-corrected chi connectivity index (χ1v) is 10.4. The highest BCUT2D eigenvalue weighted by Gasteiger charge is 2.33. The van der Waals surface area contributed by atoms with E-state index in [9.17, 15) is 14.7 Å². The van der Waals surface area contributed by atoms with Gasteiger partial charge >= 0.3 is 5.97 Å². The lowest BCUT2D eigenvalue weighted by Crippen LogP contribution is -2.25. The Balaban J connectivity index is 1.83. The van der Waals surface area contributed by atoms with Gasteiger partial charge in [0.1, 0.15) is 11.3 Å². The number of carbonyl (C=O) groups is 1. The fourth-order valence-corrected chi connectivity index (χ4v) is 4.44. The van der Waals surface area contributed by atoms with E-state index >= 15 is 4.39 Å². The smallest absolute Gasteiger partial charge is 0.341 e. The number of carboxylic acids is 1. The largest absolute Gasteiger partial charge is 0.492 e. The molecule has 2 aromatic rings. The standard InChI is InChI=1S/C22H28FN3O4/c1-24(2)8-6-13-7-9-25(11-13)19-17(23)10-15-18(21(19)30-3)26(14-4-5-14)12-16(20(15)27)22(28)29/h10,12-14H,4-9,11H2,1-3H3,(H,28,29)/t13-/m0/s1. The first kappa shape index (κ1) is 20.7. The second-order valence-electron chi connectivity index (χ2n) is 8.64. The Morgan fingerprint density at radius 2 is 2.07 bits per heavy atom. The lowest BCUT2D eigenvalue weighted by atomic mass is 10.0. The molecular formula is C22H28FN3O4. The van der Waals surface area contributed by atoms with Gasteiger partial charge in [0.2, 0.25) is 5.43 Å². The van der Waals surface area contributed by atoms with Gasteiger partial charge in [0, 0.05) is 25.3 Å². The summed E-state index contributed by atoms with van der Waals surface area (Å²) >= 11 is 0. The zero-order chi connectivity index (χ0) is 21.6. The van der Waals surface area contributed by atoms with Gasteiger partial charge in [-0.25, -0.2) is 9.18 Å². The number of benzene rings is 1. The molecule has 1 saturated carbocycles. The van der Waals surface area contributed by atoms with Crippen molar-refractivity contribution in [1.82, 2.24) is 9.47 Å². The third-order valence-electron chi connectivity index (χ3n) is 6.16.